The third kappa shape index (κ3) is 2.98. The van der Waals surface area contributed by atoms with Gasteiger partial charge in [0.2, 0.25) is 0 Å². The van der Waals surface area contributed by atoms with E-state index < -0.39 is 0 Å². The zero-order valence-electron chi connectivity index (χ0n) is 9.28. The van der Waals surface area contributed by atoms with Crippen LogP contribution in [0.25, 0.3) is 0 Å². The number of nitrogens with two attached hydrogens (primary N) is 1. The molecule has 2 N–H and O–H groups in total. The molecule has 0 aliphatic carbocycles. The number of thiophene rings is 1. The number of nitrogens with zero attached hydrogens (tertiary/aromatic N) is 1. The Labute approximate surface area is 112 Å². The average molecular weight is 315 g/mol. The number of rotatable bonds is 3. The molecular formula is C12H12BrFN2S. The Morgan fingerprint density at radius 2 is 2.18 bits per heavy atom. The first kappa shape index (κ1) is 12.4. The molecular weight excluding hydrogens is 303 g/mol. The van der Waals surface area contributed by atoms with Crippen LogP contribution in [0.15, 0.2) is 33.4 Å². The summed E-state index contributed by atoms with van der Waals surface area (Å²) in [6, 6.07) is 6.46. The second-order valence-corrected chi connectivity index (χ2v) is 6.11. The lowest BCUT2D eigenvalue weighted by atomic mass is 10.2. The monoisotopic (exact) mass is 314 g/mol. The Bertz CT molecular complexity index is 527. The number of nitrogen functional groups attached to an aromatic ring is 1. The van der Waals surface area contributed by atoms with Gasteiger partial charge in [-0.2, -0.15) is 0 Å². The normalized spacial score (nSPS) is 10.5. The van der Waals surface area contributed by atoms with Crippen molar-refractivity contribution >= 4 is 38.6 Å². The van der Waals surface area contributed by atoms with Crippen molar-refractivity contribution in [1.82, 2.24) is 0 Å². The van der Waals surface area contributed by atoms with E-state index in [-0.39, 0.29) is 5.82 Å². The summed E-state index contributed by atoms with van der Waals surface area (Å²) in [6.07, 6.45) is 0. The van der Waals surface area contributed by atoms with Crippen molar-refractivity contribution in [3.05, 3.63) is 44.8 Å². The standard InChI is InChI=1S/C12H12BrFN2S/c1-16(6-8-4-12(13)17-7-8)11-5-9(14)2-3-10(11)15/h2-5,7H,6,15H2,1H3. The van der Waals surface area contributed by atoms with Gasteiger partial charge in [0.05, 0.1) is 15.2 Å². The molecule has 17 heavy (non-hydrogen) atoms. The topological polar surface area (TPSA) is 29.3 Å². The van der Waals surface area contributed by atoms with E-state index in [4.69, 9.17) is 5.73 Å². The Morgan fingerprint density at radius 1 is 1.41 bits per heavy atom. The van der Waals surface area contributed by atoms with E-state index in [0.717, 1.165) is 3.79 Å². The van der Waals surface area contributed by atoms with E-state index in [1.54, 1.807) is 17.4 Å². The molecule has 0 aliphatic rings. The van der Waals surface area contributed by atoms with E-state index in [1.807, 2.05) is 11.9 Å². The van der Waals surface area contributed by atoms with Crippen molar-refractivity contribution in [3.63, 3.8) is 0 Å². The number of hydrogen-bond donors (Lipinski definition) is 1. The maximum absolute atomic E-state index is 13.2. The van der Waals surface area contributed by atoms with E-state index in [0.29, 0.717) is 17.9 Å². The fraction of sp³-hybridized carbons (Fsp3) is 0.167. The van der Waals surface area contributed by atoms with E-state index in [1.165, 1.54) is 17.7 Å². The van der Waals surface area contributed by atoms with Crippen LogP contribution in [0.4, 0.5) is 15.8 Å². The van der Waals surface area contributed by atoms with E-state index >= 15 is 0 Å². The van der Waals surface area contributed by atoms with E-state index in [2.05, 4.69) is 27.4 Å². The van der Waals surface area contributed by atoms with Gasteiger partial charge in [-0.05, 0) is 51.1 Å². The molecule has 0 saturated heterocycles. The second kappa shape index (κ2) is 5.06. The first-order valence-corrected chi connectivity index (χ1v) is 6.72. The third-order valence-electron chi connectivity index (χ3n) is 2.45. The van der Waals surface area contributed by atoms with Crippen molar-refractivity contribution in [2.24, 2.45) is 0 Å². The molecule has 0 fully saturated rings. The fourth-order valence-electron chi connectivity index (χ4n) is 1.64. The van der Waals surface area contributed by atoms with Crippen LogP contribution in [0.3, 0.4) is 0 Å². The summed E-state index contributed by atoms with van der Waals surface area (Å²) in [5.74, 6) is -0.271. The second-order valence-electron chi connectivity index (χ2n) is 3.82. The number of benzene rings is 1. The van der Waals surface area contributed by atoms with Crippen LogP contribution < -0.4 is 10.6 Å². The van der Waals surface area contributed by atoms with Crippen LogP contribution in [0.2, 0.25) is 0 Å². The first-order valence-electron chi connectivity index (χ1n) is 5.05. The molecule has 5 heteroatoms. The SMILES string of the molecule is CN(Cc1csc(Br)c1)c1cc(F)ccc1N. The molecule has 0 bridgehead atoms. The minimum atomic E-state index is -0.271. The number of anilines is 2. The molecule has 0 atom stereocenters. The number of halogens is 2. The molecule has 90 valence electrons. The van der Waals surface area contributed by atoms with Crippen molar-refractivity contribution in [1.29, 1.82) is 0 Å². The molecule has 0 radical (unpaired) electrons. The van der Waals surface area contributed by atoms with Gasteiger partial charge < -0.3 is 10.6 Å². The highest BCUT2D eigenvalue weighted by Gasteiger charge is 2.08. The molecule has 1 heterocycles. The molecule has 2 rings (SSSR count). The molecule has 0 spiro atoms. The fourth-order valence-corrected chi connectivity index (χ4v) is 2.84. The lowest BCUT2D eigenvalue weighted by Gasteiger charge is -2.20. The predicted molar refractivity (Wildman–Crippen MR) is 74.9 cm³/mol. The van der Waals surface area contributed by atoms with Crippen molar-refractivity contribution in [2.75, 3.05) is 17.7 Å². The molecule has 0 unspecified atom stereocenters. The van der Waals surface area contributed by atoms with Crippen LogP contribution in [-0.2, 0) is 6.54 Å². The third-order valence-corrected chi connectivity index (χ3v) is 4.00. The Morgan fingerprint density at radius 3 is 2.82 bits per heavy atom. The van der Waals surface area contributed by atoms with Gasteiger partial charge in [0.1, 0.15) is 5.82 Å². The Balaban J connectivity index is 2.19. The highest BCUT2D eigenvalue weighted by Crippen LogP contribution is 2.27. The van der Waals surface area contributed by atoms with Crippen LogP contribution >= 0.6 is 27.3 Å². The summed E-state index contributed by atoms with van der Waals surface area (Å²) < 4.78 is 14.3. The first-order chi connectivity index (χ1) is 8.06. The van der Waals surface area contributed by atoms with Crippen LogP contribution in [0.5, 0.6) is 0 Å². The molecule has 0 aliphatic heterocycles. The average Bonchev–Trinajstić information content (AvgIpc) is 2.67. The molecule has 2 nitrogen and oxygen atoms in total. The molecule has 1 aromatic heterocycles. The summed E-state index contributed by atoms with van der Waals surface area (Å²) in [4.78, 5) is 1.94. The van der Waals surface area contributed by atoms with Gasteiger partial charge in [0, 0.05) is 13.6 Å². The van der Waals surface area contributed by atoms with Gasteiger partial charge >= 0.3 is 0 Å². The summed E-state index contributed by atoms with van der Waals surface area (Å²) in [5, 5.41) is 2.07. The van der Waals surface area contributed by atoms with Gasteiger partial charge in [-0.25, -0.2) is 4.39 Å². The summed E-state index contributed by atoms with van der Waals surface area (Å²) >= 11 is 5.05. The minimum absolute atomic E-state index is 0.271. The quantitative estimate of drug-likeness (QED) is 0.871. The maximum atomic E-state index is 13.2. The lowest BCUT2D eigenvalue weighted by Crippen LogP contribution is -2.17. The number of hydrogen-bond acceptors (Lipinski definition) is 3. The summed E-state index contributed by atoms with van der Waals surface area (Å²) in [5.41, 5.74) is 8.31. The Kier molecular flexibility index (Phi) is 3.69. The zero-order valence-corrected chi connectivity index (χ0v) is 11.7. The van der Waals surface area contributed by atoms with Crippen molar-refractivity contribution in [2.45, 2.75) is 6.54 Å². The largest absolute Gasteiger partial charge is 0.397 e. The summed E-state index contributed by atoms with van der Waals surface area (Å²) in [7, 11) is 1.90. The molecule has 0 amide bonds. The van der Waals surface area contributed by atoms with Crippen molar-refractivity contribution in [3.8, 4) is 0 Å². The van der Waals surface area contributed by atoms with Crippen LogP contribution in [0, 0.1) is 5.82 Å². The maximum Gasteiger partial charge on any atom is 0.125 e. The highest BCUT2D eigenvalue weighted by molar-refractivity contribution is 9.11. The van der Waals surface area contributed by atoms with Gasteiger partial charge in [0.15, 0.2) is 0 Å². The van der Waals surface area contributed by atoms with Gasteiger partial charge in [-0.1, -0.05) is 0 Å². The summed E-state index contributed by atoms with van der Waals surface area (Å²) in [6.45, 7) is 0.704. The highest BCUT2D eigenvalue weighted by atomic mass is 79.9. The van der Waals surface area contributed by atoms with Gasteiger partial charge in [-0.15, -0.1) is 11.3 Å². The predicted octanol–water partition coefficient (Wildman–Crippen LogP) is 3.87. The smallest absolute Gasteiger partial charge is 0.125 e. The van der Waals surface area contributed by atoms with E-state index in [9.17, 15) is 4.39 Å². The van der Waals surface area contributed by atoms with Crippen molar-refractivity contribution < 1.29 is 4.39 Å². The zero-order chi connectivity index (χ0) is 12.4. The Hall–Kier alpha value is -1.07. The van der Waals surface area contributed by atoms with Crippen LogP contribution in [0.1, 0.15) is 5.56 Å². The lowest BCUT2D eigenvalue weighted by molar-refractivity contribution is 0.627. The van der Waals surface area contributed by atoms with Crippen LogP contribution in [-0.4, -0.2) is 7.05 Å². The van der Waals surface area contributed by atoms with Gasteiger partial charge in [-0.3, -0.25) is 0 Å². The minimum Gasteiger partial charge on any atom is -0.397 e. The molecule has 2 aromatic rings. The molecule has 1 aromatic carbocycles. The van der Waals surface area contributed by atoms with Gasteiger partial charge in [0.25, 0.3) is 0 Å². The molecule has 0 saturated carbocycles.